The van der Waals surface area contributed by atoms with Crippen LogP contribution in [0.1, 0.15) is 50.2 Å². The third-order valence-corrected chi connectivity index (χ3v) is 4.36. The highest BCUT2D eigenvalue weighted by atomic mass is 16.5. The fourth-order valence-corrected chi connectivity index (χ4v) is 3.18. The van der Waals surface area contributed by atoms with Gasteiger partial charge in [-0.3, -0.25) is 0 Å². The third-order valence-electron chi connectivity index (χ3n) is 4.36. The minimum atomic E-state index is -0.126. The summed E-state index contributed by atoms with van der Waals surface area (Å²) in [4.78, 5) is 4.50. The maximum Gasteiger partial charge on any atom is 0.228 e. The van der Waals surface area contributed by atoms with E-state index in [4.69, 9.17) is 15.0 Å². The number of hydrogen-bond donors (Lipinski definition) is 1. The van der Waals surface area contributed by atoms with E-state index in [-0.39, 0.29) is 5.54 Å². The average molecular weight is 265 g/mol. The van der Waals surface area contributed by atoms with Crippen molar-refractivity contribution < 1.29 is 9.26 Å². The lowest BCUT2D eigenvalue weighted by Crippen LogP contribution is -2.43. The van der Waals surface area contributed by atoms with Crippen LogP contribution in [0.5, 0.6) is 0 Å². The van der Waals surface area contributed by atoms with Gasteiger partial charge in [0.25, 0.3) is 0 Å². The van der Waals surface area contributed by atoms with Crippen molar-refractivity contribution in [2.75, 3.05) is 13.2 Å². The molecule has 1 aromatic rings. The molecule has 2 aliphatic rings. The summed E-state index contributed by atoms with van der Waals surface area (Å²) in [6.07, 6.45) is 8.57. The molecule has 0 spiro atoms. The summed E-state index contributed by atoms with van der Waals surface area (Å²) in [5.41, 5.74) is 6.29. The van der Waals surface area contributed by atoms with Crippen LogP contribution in [-0.4, -0.2) is 28.9 Å². The molecule has 2 heterocycles. The third kappa shape index (κ3) is 3.34. The molecule has 5 heteroatoms. The van der Waals surface area contributed by atoms with Crippen LogP contribution in [0.2, 0.25) is 0 Å². The first-order valence-corrected chi connectivity index (χ1v) is 7.42. The van der Waals surface area contributed by atoms with E-state index in [2.05, 4.69) is 10.1 Å². The Kier molecular flexibility index (Phi) is 3.84. The second-order valence-electron chi connectivity index (χ2n) is 6.14. The summed E-state index contributed by atoms with van der Waals surface area (Å²) in [5, 5.41) is 4.08. The van der Waals surface area contributed by atoms with E-state index in [0.29, 0.717) is 11.8 Å². The molecule has 1 saturated carbocycles. The van der Waals surface area contributed by atoms with Crippen LogP contribution in [0, 0.1) is 5.92 Å². The molecule has 106 valence electrons. The van der Waals surface area contributed by atoms with E-state index >= 15 is 0 Å². The van der Waals surface area contributed by atoms with Gasteiger partial charge in [-0.1, -0.05) is 24.4 Å². The SMILES string of the molecule is NC1(Cc2nc(CC3CCOC3)no2)CCCCC1. The molecular weight excluding hydrogens is 242 g/mol. The lowest BCUT2D eigenvalue weighted by atomic mass is 9.80. The standard InChI is InChI=1S/C14H23N3O2/c15-14(5-2-1-3-6-14)9-13-16-12(17-19-13)8-11-4-7-18-10-11/h11H,1-10,15H2. The summed E-state index contributed by atoms with van der Waals surface area (Å²) in [6.45, 7) is 1.69. The van der Waals surface area contributed by atoms with Crippen LogP contribution >= 0.6 is 0 Å². The van der Waals surface area contributed by atoms with Crippen molar-refractivity contribution in [1.82, 2.24) is 10.1 Å². The Hall–Kier alpha value is -0.940. The van der Waals surface area contributed by atoms with Gasteiger partial charge in [0.1, 0.15) is 0 Å². The number of hydrogen-bond acceptors (Lipinski definition) is 5. The molecule has 3 rings (SSSR count). The Morgan fingerprint density at radius 1 is 1.26 bits per heavy atom. The molecule has 1 aromatic heterocycles. The lowest BCUT2D eigenvalue weighted by Gasteiger charge is -2.31. The largest absolute Gasteiger partial charge is 0.381 e. The van der Waals surface area contributed by atoms with Crippen molar-refractivity contribution in [2.24, 2.45) is 11.7 Å². The molecule has 1 atom stereocenters. The van der Waals surface area contributed by atoms with E-state index in [1.807, 2.05) is 0 Å². The van der Waals surface area contributed by atoms with Gasteiger partial charge < -0.3 is 15.0 Å². The molecule has 0 radical (unpaired) electrons. The number of rotatable bonds is 4. The van der Waals surface area contributed by atoms with Gasteiger partial charge in [0.2, 0.25) is 5.89 Å². The van der Waals surface area contributed by atoms with Crippen molar-refractivity contribution in [3.8, 4) is 0 Å². The Bertz CT molecular complexity index is 407. The lowest BCUT2D eigenvalue weighted by molar-refractivity contribution is 0.185. The van der Waals surface area contributed by atoms with Gasteiger partial charge >= 0.3 is 0 Å². The fraction of sp³-hybridized carbons (Fsp3) is 0.857. The quantitative estimate of drug-likeness (QED) is 0.899. The maximum absolute atomic E-state index is 6.42. The molecule has 19 heavy (non-hydrogen) atoms. The molecular formula is C14H23N3O2. The van der Waals surface area contributed by atoms with Gasteiger partial charge in [0.15, 0.2) is 5.82 Å². The number of nitrogens with two attached hydrogens (primary N) is 1. The molecule has 1 aliphatic heterocycles. The fourth-order valence-electron chi connectivity index (χ4n) is 3.18. The van der Waals surface area contributed by atoms with Gasteiger partial charge in [0, 0.05) is 31.6 Å². The second kappa shape index (κ2) is 5.59. The molecule has 1 aliphatic carbocycles. The first-order valence-electron chi connectivity index (χ1n) is 7.42. The Labute approximate surface area is 113 Å². The van der Waals surface area contributed by atoms with Crippen molar-refractivity contribution in [2.45, 2.75) is 56.9 Å². The average Bonchev–Trinajstić information content (AvgIpc) is 3.03. The molecule has 0 aromatic carbocycles. The number of nitrogens with zero attached hydrogens (tertiary/aromatic N) is 2. The predicted octanol–water partition coefficient (Wildman–Crippen LogP) is 1.85. The van der Waals surface area contributed by atoms with Gasteiger partial charge in [-0.2, -0.15) is 4.98 Å². The van der Waals surface area contributed by atoms with E-state index in [1.165, 1.54) is 19.3 Å². The molecule has 2 N–H and O–H groups in total. The summed E-state index contributed by atoms with van der Waals surface area (Å²) in [6, 6.07) is 0. The second-order valence-corrected chi connectivity index (χ2v) is 6.14. The highest BCUT2D eigenvalue weighted by molar-refractivity contribution is 4.98. The van der Waals surface area contributed by atoms with E-state index in [9.17, 15) is 0 Å². The Balaban J connectivity index is 1.57. The summed E-state index contributed by atoms with van der Waals surface area (Å²) >= 11 is 0. The maximum atomic E-state index is 6.42. The zero-order valence-corrected chi connectivity index (χ0v) is 11.4. The molecule has 2 fully saturated rings. The monoisotopic (exact) mass is 265 g/mol. The summed E-state index contributed by atoms with van der Waals surface area (Å²) < 4.78 is 10.7. The summed E-state index contributed by atoms with van der Waals surface area (Å²) in [5.74, 6) is 2.06. The van der Waals surface area contributed by atoms with Crippen LogP contribution in [0.3, 0.4) is 0 Å². The van der Waals surface area contributed by atoms with Crippen LogP contribution in [-0.2, 0) is 17.6 Å². The number of aromatic nitrogens is 2. The zero-order chi connectivity index (χ0) is 13.1. The molecule has 0 amide bonds. The highest BCUT2D eigenvalue weighted by Crippen LogP contribution is 2.28. The zero-order valence-electron chi connectivity index (χ0n) is 11.4. The minimum absolute atomic E-state index is 0.126. The van der Waals surface area contributed by atoms with Crippen molar-refractivity contribution in [3.05, 3.63) is 11.7 Å². The molecule has 1 unspecified atom stereocenters. The van der Waals surface area contributed by atoms with Crippen LogP contribution in [0.4, 0.5) is 0 Å². The Morgan fingerprint density at radius 2 is 2.11 bits per heavy atom. The van der Waals surface area contributed by atoms with E-state index in [0.717, 1.165) is 51.1 Å². The summed E-state index contributed by atoms with van der Waals surface area (Å²) in [7, 11) is 0. The van der Waals surface area contributed by atoms with E-state index in [1.54, 1.807) is 0 Å². The molecule has 5 nitrogen and oxygen atoms in total. The van der Waals surface area contributed by atoms with Gasteiger partial charge in [-0.05, 0) is 25.2 Å². The van der Waals surface area contributed by atoms with Gasteiger partial charge in [0.05, 0.1) is 0 Å². The van der Waals surface area contributed by atoms with Gasteiger partial charge in [-0.15, -0.1) is 0 Å². The molecule has 1 saturated heterocycles. The first-order chi connectivity index (χ1) is 9.23. The first kappa shape index (κ1) is 13.1. The van der Waals surface area contributed by atoms with Crippen LogP contribution in [0.25, 0.3) is 0 Å². The smallest absolute Gasteiger partial charge is 0.228 e. The predicted molar refractivity (Wildman–Crippen MR) is 70.6 cm³/mol. The highest BCUT2D eigenvalue weighted by Gasteiger charge is 2.30. The van der Waals surface area contributed by atoms with Crippen molar-refractivity contribution in [3.63, 3.8) is 0 Å². The Morgan fingerprint density at radius 3 is 2.84 bits per heavy atom. The van der Waals surface area contributed by atoms with Crippen LogP contribution < -0.4 is 5.73 Å². The van der Waals surface area contributed by atoms with Crippen LogP contribution in [0.15, 0.2) is 4.52 Å². The van der Waals surface area contributed by atoms with Crippen molar-refractivity contribution >= 4 is 0 Å². The van der Waals surface area contributed by atoms with E-state index < -0.39 is 0 Å². The van der Waals surface area contributed by atoms with Crippen molar-refractivity contribution in [1.29, 1.82) is 0 Å². The minimum Gasteiger partial charge on any atom is -0.381 e. The van der Waals surface area contributed by atoms with Gasteiger partial charge in [-0.25, -0.2) is 0 Å². The normalized spacial score (nSPS) is 26.7. The number of ether oxygens (including phenoxy) is 1. The topological polar surface area (TPSA) is 74.2 Å². The molecule has 0 bridgehead atoms.